The molecule has 1 aromatic heterocycles. The number of nitrogens with one attached hydrogen (secondary N) is 2. The van der Waals surface area contributed by atoms with Crippen molar-refractivity contribution >= 4 is 17.7 Å². The number of nitrogens with zero attached hydrogens (tertiary/aromatic N) is 2. The summed E-state index contributed by atoms with van der Waals surface area (Å²) < 4.78 is 0. The average Bonchev–Trinajstić information content (AvgIpc) is 2.72. The maximum absolute atomic E-state index is 11.9. The quantitative estimate of drug-likeness (QED) is 0.697. The van der Waals surface area contributed by atoms with Gasteiger partial charge in [0.05, 0.1) is 6.54 Å². The monoisotopic (exact) mass is 292 g/mol. The molecule has 1 amide bonds. The fraction of sp³-hybridized carbons (Fsp3) is 0.500. The number of carboxylic acid groups (broad SMARTS) is 1. The van der Waals surface area contributed by atoms with Gasteiger partial charge in [0.15, 0.2) is 0 Å². The molecule has 0 aromatic carbocycles. The van der Waals surface area contributed by atoms with Crippen LogP contribution in [0.3, 0.4) is 0 Å². The molecule has 1 aliphatic rings. The minimum Gasteiger partial charge on any atom is -0.480 e. The second-order valence-corrected chi connectivity index (χ2v) is 5.06. The van der Waals surface area contributed by atoms with Crippen LogP contribution in [-0.4, -0.2) is 46.0 Å². The zero-order valence-corrected chi connectivity index (χ0v) is 11.8. The van der Waals surface area contributed by atoms with Crippen LogP contribution < -0.4 is 10.9 Å². The highest BCUT2D eigenvalue weighted by atomic mass is 16.4. The lowest BCUT2D eigenvalue weighted by molar-refractivity contribution is -0.143. The van der Waals surface area contributed by atoms with E-state index in [2.05, 4.69) is 15.8 Å². The number of rotatable bonds is 5. The molecular weight excluding hydrogens is 272 g/mol. The van der Waals surface area contributed by atoms with Crippen molar-refractivity contribution in [3.63, 3.8) is 0 Å². The van der Waals surface area contributed by atoms with Crippen LogP contribution in [0.2, 0.25) is 0 Å². The molecule has 0 spiro atoms. The van der Waals surface area contributed by atoms with Crippen molar-refractivity contribution in [2.24, 2.45) is 0 Å². The molecule has 3 N–H and O–H groups in total. The zero-order chi connectivity index (χ0) is 15.1. The second-order valence-electron chi connectivity index (χ2n) is 5.06. The summed E-state index contributed by atoms with van der Waals surface area (Å²) in [5, 5.41) is 9.26. The van der Waals surface area contributed by atoms with Crippen LogP contribution in [0.5, 0.6) is 0 Å². The van der Waals surface area contributed by atoms with Crippen LogP contribution in [-0.2, 0) is 9.59 Å². The number of carbonyl (C=O) groups excluding carboxylic acids is 1. The molecule has 1 atom stereocenters. The minimum atomic E-state index is -0.859. The number of amides is 1. The molecular formula is C14H20N4O3. The standard InChI is InChI=1S/C14H20N4O3/c19-13(17-16-12-7-3-4-8-15-12)10-18-9-5-1-2-6-11(18)14(20)21/h3-4,7-8,11H,1-2,5-6,9-10H2,(H,15,16)(H,17,19)(H,20,21). The Bertz CT molecular complexity index is 480. The van der Waals surface area contributed by atoms with Crippen molar-refractivity contribution in [2.75, 3.05) is 18.5 Å². The highest BCUT2D eigenvalue weighted by Crippen LogP contribution is 2.16. The smallest absolute Gasteiger partial charge is 0.320 e. The molecule has 21 heavy (non-hydrogen) atoms. The Morgan fingerprint density at radius 3 is 2.90 bits per heavy atom. The maximum Gasteiger partial charge on any atom is 0.320 e. The van der Waals surface area contributed by atoms with Gasteiger partial charge in [0.2, 0.25) is 0 Å². The van der Waals surface area contributed by atoms with E-state index in [9.17, 15) is 14.7 Å². The molecule has 114 valence electrons. The first-order valence-electron chi connectivity index (χ1n) is 7.09. The van der Waals surface area contributed by atoms with Crippen LogP contribution in [0.15, 0.2) is 24.4 Å². The molecule has 1 aliphatic heterocycles. The maximum atomic E-state index is 11.9. The van der Waals surface area contributed by atoms with E-state index >= 15 is 0 Å². The van der Waals surface area contributed by atoms with Crippen LogP contribution in [0.1, 0.15) is 25.7 Å². The number of hydrazine groups is 1. The molecule has 0 bridgehead atoms. The SMILES string of the molecule is O=C(CN1CCCCCC1C(=O)O)NNc1ccccn1. The normalized spacial score (nSPS) is 19.5. The van der Waals surface area contributed by atoms with Crippen molar-refractivity contribution in [2.45, 2.75) is 31.7 Å². The Balaban J connectivity index is 1.86. The van der Waals surface area contributed by atoms with Gasteiger partial charge in [-0.1, -0.05) is 18.9 Å². The lowest BCUT2D eigenvalue weighted by Gasteiger charge is -2.25. The zero-order valence-electron chi connectivity index (χ0n) is 11.8. The van der Waals surface area contributed by atoms with Gasteiger partial charge in [0.25, 0.3) is 5.91 Å². The summed E-state index contributed by atoms with van der Waals surface area (Å²) in [5.41, 5.74) is 5.25. The summed E-state index contributed by atoms with van der Waals surface area (Å²) in [7, 11) is 0. The van der Waals surface area contributed by atoms with Gasteiger partial charge in [-0.3, -0.25) is 25.3 Å². The molecule has 0 radical (unpaired) electrons. The van der Waals surface area contributed by atoms with Gasteiger partial charge < -0.3 is 5.11 Å². The number of likely N-dealkylation sites (tertiary alicyclic amines) is 1. The summed E-state index contributed by atoms with van der Waals surface area (Å²) >= 11 is 0. The molecule has 1 aromatic rings. The van der Waals surface area contributed by atoms with Crippen molar-refractivity contribution < 1.29 is 14.7 Å². The van der Waals surface area contributed by atoms with Crippen LogP contribution >= 0.6 is 0 Å². The van der Waals surface area contributed by atoms with Gasteiger partial charge in [0.1, 0.15) is 11.9 Å². The molecule has 7 heteroatoms. The second kappa shape index (κ2) is 7.58. The van der Waals surface area contributed by atoms with Crippen LogP contribution in [0.25, 0.3) is 0 Å². The van der Waals surface area contributed by atoms with Crippen molar-refractivity contribution in [1.82, 2.24) is 15.3 Å². The molecule has 2 heterocycles. The Kier molecular flexibility index (Phi) is 5.51. The molecule has 7 nitrogen and oxygen atoms in total. The van der Waals surface area contributed by atoms with E-state index in [1.54, 1.807) is 29.3 Å². The first kappa shape index (κ1) is 15.2. The molecule has 1 unspecified atom stereocenters. The van der Waals surface area contributed by atoms with Gasteiger partial charge in [-0.05, 0) is 31.5 Å². The Morgan fingerprint density at radius 2 is 2.19 bits per heavy atom. The number of carbonyl (C=O) groups is 2. The van der Waals surface area contributed by atoms with E-state index in [4.69, 9.17) is 0 Å². The first-order chi connectivity index (χ1) is 10.2. The minimum absolute atomic E-state index is 0.0663. The predicted molar refractivity (Wildman–Crippen MR) is 77.5 cm³/mol. The summed E-state index contributed by atoms with van der Waals surface area (Å²) in [6.45, 7) is 0.699. The number of hydrogen-bond acceptors (Lipinski definition) is 5. The van der Waals surface area contributed by atoms with Gasteiger partial charge in [-0.15, -0.1) is 0 Å². The van der Waals surface area contributed by atoms with E-state index in [1.165, 1.54) is 0 Å². The van der Waals surface area contributed by atoms with Crippen molar-refractivity contribution in [3.8, 4) is 0 Å². The largest absolute Gasteiger partial charge is 0.480 e. The van der Waals surface area contributed by atoms with E-state index in [0.29, 0.717) is 18.8 Å². The number of anilines is 1. The lowest BCUT2D eigenvalue weighted by Crippen LogP contribution is -2.47. The molecule has 1 saturated heterocycles. The van der Waals surface area contributed by atoms with E-state index in [-0.39, 0.29) is 12.5 Å². The number of aromatic nitrogens is 1. The summed E-state index contributed by atoms with van der Waals surface area (Å²) in [4.78, 5) is 29.0. The Labute approximate surface area is 123 Å². The molecule has 0 saturated carbocycles. The van der Waals surface area contributed by atoms with Crippen LogP contribution in [0, 0.1) is 0 Å². The average molecular weight is 292 g/mol. The highest BCUT2D eigenvalue weighted by Gasteiger charge is 2.28. The first-order valence-corrected chi connectivity index (χ1v) is 7.09. The third kappa shape index (κ3) is 4.71. The fourth-order valence-electron chi connectivity index (χ4n) is 2.43. The Hall–Kier alpha value is -2.15. The van der Waals surface area contributed by atoms with Gasteiger partial charge in [0, 0.05) is 6.20 Å². The predicted octanol–water partition coefficient (Wildman–Crippen LogP) is 0.854. The number of pyridine rings is 1. The third-order valence-corrected chi connectivity index (χ3v) is 3.49. The number of carboxylic acids is 1. The molecule has 2 rings (SSSR count). The lowest BCUT2D eigenvalue weighted by atomic mass is 10.1. The highest BCUT2D eigenvalue weighted by molar-refractivity contribution is 5.80. The van der Waals surface area contributed by atoms with Gasteiger partial charge in [-0.25, -0.2) is 4.98 Å². The summed E-state index contributed by atoms with van der Waals surface area (Å²) in [5.74, 6) is -0.590. The fourth-order valence-corrected chi connectivity index (χ4v) is 2.43. The number of aliphatic carboxylic acids is 1. The number of hydrogen-bond donors (Lipinski definition) is 3. The van der Waals surface area contributed by atoms with E-state index < -0.39 is 12.0 Å². The topological polar surface area (TPSA) is 94.6 Å². The third-order valence-electron chi connectivity index (χ3n) is 3.49. The van der Waals surface area contributed by atoms with E-state index in [1.807, 2.05) is 0 Å². The van der Waals surface area contributed by atoms with Crippen molar-refractivity contribution in [1.29, 1.82) is 0 Å². The Morgan fingerprint density at radius 1 is 1.33 bits per heavy atom. The van der Waals surface area contributed by atoms with Crippen LogP contribution in [0.4, 0.5) is 5.82 Å². The molecule has 1 fully saturated rings. The van der Waals surface area contributed by atoms with E-state index in [0.717, 1.165) is 19.3 Å². The van der Waals surface area contributed by atoms with Gasteiger partial charge in [-0.2, -0.15) is 0 Å². The summed E-state index contributed by atoms with van der Waals surface area (Å²) in [6.07, 6.45) is 5.03. The van der Waals surface area contributed by atoms with Crippen molar-refractivity contribution in [3.05, 3.63) is 24.4 Å². The molecule has 0 aliphatic carbocycles. The summed E-state index contributed by atoms with van der Waals surface area (Å²) in [6, 6.07) is 4.73. The van der Waals surface area contributed by atoms with Gasteiger partial charge >= 0.3 is 5.97 Å².